The van der Waals surface area contributed by atoms with Gasteiger partial charge in [-0.3, -0.25) is 0 Å². The third-order valence-electron chi connectivity index (χ3n) is 3.44. The van der Waals surface area contributed by atoms with Crippen LogP contribution in [0, 0.1) is 0 Å². The number of hydrogen-bond donors (Lipinski definition) is 2. The molecule has 106 valence electrons. The molecule has 1 aromatic rings. The fourth-order valence-electron chi connectivity index (χ4n) is 1.85. The Kier molecular flexibility index (Phi) is 4.63. The summed E-state index contributed by atoms with van der Waals surface area (Å²) in [6.45, 7) is 3.76. The molecule has 5 heteroatoms. The summed E-state index contributed by atoms with van der Waals surface area (Å²) >= 11 is 0. The number of rotatable bonds is 6. The number of likely N-dealkylation sites (N-methyl/N-ethyl adjacent to an activating group) is 1. The molecule has 1 aliphatic rings. The van der Waals surface area contributed by atoms with Crippen molar-refractivity contribution in [2.24, 2.45) is 0 Å². The Bertz CT molecular complexity index is 423. The van der Waals surface area contributed by atoms with E-state index in [1.165, 1.54) is 0 Å². The van der Waals surface area contributed by atoms with Gasteiger partial charge in [0, 0.05) is 19.1 Å². The number of hydrogen-bond acceptors (Lipinski definition) is 5. The highest BCUT2D eigenvalue weighted by Crippen LogP contribution is 2.33. The van der Waals surface area contributed by atoms with Crippen LogP contribution in [0.5, 0.6) is 11.5 Å². The van der Waals surface area contributed by atoms with E-state index in [-0.39, 0.29) is 6.79 Å². The SMILES string of the molecule is CC(CNCC(O)c1ccc2c(c1)OCO2)N(C)C. The first kappa shape index (κ1) is 14.1. The van der Waals surface area contributed by atoms with Gasteiger partial charge in [0.2, 0.25) is 6.79 Å². The summed E-state index contributed by atoms with van der Waals surface area (Å²) in [6.07, 6.45) is -0.538. The van der Waals surface area contributed by atoms with Crippen LogP contribution in [0.3, 0.4) is 0 Å². The molecule has 1 aliphatic heterocycles. The van der Waals surface area contributed by atoms with Gasteiger partial charge in [-0.05, 0) is 38.7 Å². The molecule has 0 amide bonds. The Balaban J connectivity index is 1.84. The second-order valence-corrected chi connectivity index (χ2v) is 5.10. The third kappa shape index (κ3) is 3.59. The molecule has 0 saturated heterocycles. The van der Waals surface area contributed by atoms with Gasteiger partial charge in [-0.1, -0.05) is 6.07 Å². The Hall–Kier alpha value is -1.30. The minimum Gasteiger partial charge on any atom is -0.454 e. The second-order valence-electron chi connectivity index (χ2n) is 5.10. The lowest BCUT2D eigenvalue weighted by molar-refractivity contribution is 0.167. The van der Waals surface area contributed by atoms with Crippen molar-refractivity contribution in [2.75, 3.05) is 34.0 Å². The lowest BCUT2D eigenvalue weighted by atomic mass is 10.1. The quantitative estimate of drug-likeness (QED) is 0.804. The topological polar surface area (TPSA) is 54.0 Å². The van der Waals surface area contributed by atoms with Crippen molar-refractivity contribution in [3.05, 3.63) is 23.8 Å². The normalized spacial score (nSPS) is 16.7. The van der Waals surface area contributed by atoms with Crippen LogP contribution in [0.25, 0.3) is 0 Å². The van der Waals surface area contributed by atoms with Gasteiger partial charge >= 0.3 is 0 Å². The molecule has 0 aliphatic carbocycles. The fraction of sp³-hybridized carbons (Fsp3) is 0.571. The molecule has 1 heterocycles. The van der Waals surface area contributed by atoms with Crippen molar-refractivity contribution < 1.29 is 14.6 Å². The van der Waals surface area contributed by atoms with Crippen LogP contribution in [0.2, 0.25) is 0 Å². The first-order valence-electron chi connectivity index (χ1n) is 6.52. The molecule has 19 heavy (non-hydrogen) atoms. The molecule has 0 fully saturated rings. The summed E-state index contributed by atoms with van der Waals surface area (Å²) in [5, 5.41) is 13.4. The summed E-state index contributed by atoms with van der Waals surface area (Å²) in [4.78, 5) is 2.14. The van der Waals surface area contributed by atoms with Crippen LogP contribution in [0.4, 0.5) is 0 Å². The number of aliphatic hydroxyl groups excluding tert-OH is 1. The van der Waals surface area contributed by atoms with E-state index >= 15 is 0 Å². The van der Waals surface area contributed by atoms with E-state index in [1.54, 1.807) is 0 Å². The minimum atomic E-state index is -0.538. The van der Waals surface area contributed by atoms with Crippen LogP contribution in [0.1, 0.15) is 18.6 Å². The highest BCUT2D eigenvalue weighted by molar-refractivity contribution is 5.45. The number of nitrogens with zero attached hydrogens (tertiary/aromatic N) is 1. The van der Waals surface area contributed by atoms with E-state index < -0.39 is 6.10 Å². The standard InChI is InChI=1S/C14H22N2O3/c1-10(16(2)3)7-15-8-12(17)11-4-5-13-14(6-11)19-9-18-13/h4-6,10,12,15,17H,7-9H2,1-3H3. The van der Waals surface area contributed by atoms with E-state index in [4.69, 9.17) is 9.47 Å². The molecule has 0 bridgehead atoms. The van der Waals surface area contributed by atoms with Gasteiger partial charge in [-0.15, -0.1) is 0 Å². The van der Waals surface area contributed by atoms with Crippen molar-refractivity contribution in [3.63, 3.8) is 0 Å². The monoisotopic (exact) mass is 266 g/mol. The number of nitrogens with one attached hydrogen (secondary N) is 1. The van der Waals surface area contributed by atoms with Crippen LogP contribution in [-0.4, -0.2) is 50.0 Å². The zero-order valence-electron chi connectivity index (χ0n) is 11.7. The zero-order valence-corrected chi connectivity index (χ0v) is 11.7. The Labute approximate surface area is 114 Å². The van der Waals surface area contributed by atoms with E-state index in [0.717, 1.165) is 17.9 Å². The molecule has 0 spiro atoms. The summed E-state index contributed by atoms with van der Waals surface area (Å²) in [5.41, 5.74) is 0.842. The zero-order chi connectivity index (χ0) is 13.8. The molecule has 0 saturated carbocycles. The van der Waals surface area contributed by atoms with Crippen molar-refractivity contribution in [2.45, 2.75) is 19.1 Å². The second kappa shape index (κ2) is 6.23. The summed E-state index contributed by atoms with van der Waals surface area (Å²) < 4.78 is 10.6. The average molecular weight is 266 g/mol. The van der Waals surface area contributed by atoms with Gasteiger partial charge in [0.05, 0.1) is 6.10 Å². The number of benzene rings is 1. The molecule has 2 N–H and O–H groups in total. The van der Waals surface area contributed by atoms with E-state index in [0.29, 0.717) is 18.3 Å². The molecular weight excluding hydrogens is 244 g/mol. The molecule has 2 unspecified atom stereocenters. The molecule has 5 nitrogen and oxygen atoms in total. The van der Waals surface area contributed by atoms with E-state index in [2.05, 4.69) is 17.1 Å². The predicted octanol–water partition coefficient (Wildman–Crippen LogP) is 0.988. The van der Waals surface area contributed by atoms with Gasteiger partial charge in [0.15, 0.2) is 11.5 Å². The first-order valence-corrected chi connectivity index (χ1v) is 6.52. The summed E-state index contributed by atoms with van der Waals surface area (Å²) in [7, 11) is 4.08. The van der Waals surface area contributed by atoms with Crippen LogP contribution in [0.15, 0.2) is 18.2 Å². The third-order valence-corrected chi connectivity index (χ3v) is 3.44. The first-order chi connectivity index (χ1) is 9.08. The maximum Gasteiger partial charge on any atom is 0.231 e. The van der Waals surface area contributed by atoms with Gasteiger partial charge in [-0.25, -0.2) is 0 Å². The van der Waals surface area contributed by atoms with Crippen molar-refractivity contribution in [1.82, 2.24) is 10.2 Å². The minimum absolute atomic E-state index is 0.257. The van der Waals surface area contributed by atoms with Gasteiger partial charge in [0.25, 0.3) is 0 Å². The Morgan fingerprint density at radius 1 is 1.26 bits per heavy atom. The molecular formula is C14H22N2O3. The summed E-state index contributed by atoms with van der Waals surface area (Å²) in [5.74, 6) is 1.45. The molecule has 0 aromatic heterocycles. The summed E-state index contributed by atoms with van der Waals surface area (Å²) in [6, 6.07) is 5.98. The smallest absolute Gasteiger partial charge is 0.231 e. The van der Waals surface area contributed by atoms with Crippen molar-refractivity contribution in [3.8, 4) is 11.5 Å². The number of ether oxygens (including phenoxy) is 2. The Morgan fingerprint density at radius 3 is 2.74 bits per heavy atom. The van der Waals surface area contributed by atoms with Crippen LogP contribution in [-0.2, 0) is 0 Å². The van der Waals surface area contributed by atoms with Crippen molar-refractivity contribution >= 4 is 0 Å². The molecule has 1 aromatic carbocycles. The van der Waals surface area contributed by atoms with Crippen LogP contribution < -0.4 is 14.8 Å². The fourth-order valence-corrected chi connectivity index (χ4v) is 1.85. The lowest BCUT2D eigenvalue weighted by Crippen LogP contribution is -2.37. The van der Waals surface area contributed by atoms with Gasteiger partial charge < -0.3 is 24.8 Å². The molecule has 0 radical (unpaired) electrons. The number of fused-ring (bicyclic) bond motifs is 1. The Morgan fingerprint density at radius 2 is 2.00 bits per heavy atom. The highest BCUT2D eigenvalue weighted by Gasteiger charge is 2.16. The maximum absolute atomic E-state index is 10.1. The average Bonchev–Trinajstić information content (AvgIpc) is 2.85. The largest absolute Gasteiger partial charge is 0.454 e. The number of aliphatic hydroxyl groups is 1. The lowest BCUT2D eigenvalue weighted by Gasteiger charge is -2.21. The van der Waals surface area contributed by atoms with Gasteiger partial charge in [0.1, 0.15) is 0 Å². The predicted molar refractivity (Wildman–Crippen MR) is 73.5 cm³/mol. The van der Waals surface area contributed by atoms with Crippen molar-refractivity contribution in [1.29, 1.82) is 0 Å². The van der Waals surface area contributed by atoms with Gasteiger partial charge in [-0.2, -0.15) is 0 Å². The van der Waals surface area contributed by atoms with E-state index in [9.17, 15) is 5.11 Å². The molecule has 2 rings (SSSR count). The van der Waals surface area contributed by atoms with E-state index in [1.807, 2.05) is 32.3 Å². The van der Waals surface area contributed by atoms with Crippen LogP contribution >= 0.6 is 0 Å². The highest BCUT2D eigenvalue weighted by atomic mass is 16.7. The maximum atomic E-state index is 10.1. The molecule has 2 atom stereocenters.